The predicted octanol–water partition coefficient (Wildman–Crippen LogP) is 8.22. The maximum atomic E-state index is 13.5. The van der Waals surface area contributed by atoms with Crippen molar-refractivity contribution in [2.24, 2.45) is 0 Å². The number of rotatable bonds is 11. The Morgan fingerprint density at radius 1 is 0.920 bits per heavy atom. The van der Waals surface area contributed by atoms with Crippen molar-refractivity contribution in [3.05, 3.63) is 120 Å². The summed E-state index contributed by atoms with van der Waals surface area (Å²) in [6, 6.07) is 34.3. The molecule has 1 aromatic heterocycles. The standard InChI is InChI=1S/C40H37N5O4S/c1-5-44(6-2)30-18-21-34-37(24-30)48-38-25-35(32-9-7-8-10-33(32)40(38)42-34)41-39(46)22-15-28-23-36(27-13-11-26(3)12-14-27)45(43-28)29-16-19-31(20-17-29)50-49-47-4/h7-14,16-21,23-25H,5-6,15,22H2,1-4H3/p+1. The van der Waals surface area contributed by atoms with Gasteiger partial charge in [-0.15, -0.1) is 0 Å². The Labute approximate surface area is 294 Å². The van der Waals surface area contributed by atoms with Gasteiger partial charge in [0.25, 0.3) is 0 Å². The van der Waals surface area contributed by atoms with Crippen molar-refractivity contribution in [1.82, 2.24) is 19.3 Å². The summed E-state index contributed by atoms with van der Waals surface area (Å²) in [5, 5.41) is 11.0. The first-order valence-electron chi connectivity index (χ1n) is 16.7. The first kappa shape index (κ1) is 33.2. The van der Waals surface area contributed by atoms with Gasteiger partial charge in [0.2, 0.25) is 11.3 Å². The summed E-state index contributed by atoms with van der Waals surface area (Å²) in [7, 11) is 1.47. The maximum Gasteiger partial charge on any atom is 0.224 e. The largest absolute Gasteiger partial charge is 0.452 e. The molecule has 1 aliphatic heterocycles. The van der Waals surface area contributed by atoms with E-state index in [1.807, 2.05) is 71.4 Å². The van der Waals surface area contributed by atoms with E-state index >= 15 is 0 Å². The van der Waals surface area contributed by atoms with E-state index in [0.717, 1.165) is 80.0 Å². The number of carbonyl (C=O) groups excluding carboxylic acids is 1. The first-order valence-corrected chi connectivity index (χ1v) is 17.5. The molecule has 252 valence electrons. The van der Waals surface area contributed by atoms with Gasteiger partial charge in [-0.2, -0.15) is 9.43 Å². The Morgan fingerprint density at radius 3 is 2.42 bits per heavy atom. The molecule has 0 fully saturated rings. The number of nitrogens with zero attached hydrogens (tertiary/aromatic N) is 4. The third-order valence-electron chi connectivity index (χ3n) is 8.77. The van der Waals surface area contributed by atoms with Crippen LogP contribution >= 0.6 is 12.0 Å². The van der Waals surface area contributed by atoms with Gasteiger partial charge < -0.3 is 9.73 Å². The average molecular weight is 685 g/mol. The topological polar surface area (TPSA) is 94.4 Å². The second-order valence-corrected chi connectivity index (χ2v) is 12.8. The smallest absolute Gasteiger partial charge is 0.224 e. The Bertz CT molecular complexity index is 2340. The number of aromatic nitrogens is 3. The van der Waals surface area contributed by atoms with Crippen molar-refractivity contribution >= 4 is 45.5 Å². The molecule has 7 rings (SSSR count). The number of amides is 1. The highest BCUT2D eigenvalue weighted by molar-refractivity contribution is 7.94. The second-order valence-electron chi connectivity index (χ2n) is 12.0. The lowest BCUT2D eigenvalue weighted by atomic mass is 10.1. The normalized spacial score (nSPS) is 11.4. The van der Waals surface area contributed by atoms with Gasteiger partial charge in [0.05, 0.1) is 48.0 Å². The molecule has 5 aromatic rings. The van der Waals surface area contributed by atoms with Gasteiger partial charge in [0.15, 0.2) is 11.3 Å². The summed E-state index contributed by atoms with van der Waals surface area (Å²) >= 11 is 1.14. The minimum atomic E-state index is -0.113. The maximum absolute atomic E-state index is 13.5. The quantitative estimate of drug-likeness (QED) is 0.0367. The molecule has 1 aliphatic carbocycles. The molecule has 0 unspecified atom stereocenters. The minimum absolute atomic E-state index is 0.113. The Hall–Kier alpha value is -5.29. The number of anilines is 1. The van der Waals surface area contributed by atoms with Crippen molar-refractivity contribution in [3.63, 3.8) is 0 Å². The lowest BCUT2D eigenvalue weighted by molar-refractivity contribution is -0.160. The zero-order chi connectivity index (χ0) is 34.6. The molecule has 2 aliphatic rings. The molecule has 0 saturated heterocycles. The number of carbonyl (C=O) groups is 1. The van der Waals surface area contributed by atoms with E-state index in [1.54, 1.807) is 0 Å². The van der Waals surface area contributed by atoms with Gasteiger partial charge in [-0.05, 0) is 57.2 Å². The number of aryl methyl sites for hydroxylation is 2. The molecule has 0 spiro atoms. The third kappa shape index (κ3) is 6.91. The van der Waals surface area contributed by atoms with Crippen LogP contribution in [0.5, 0.6) is 0 Å². The Morgan fingerprint density at radius 2 is 1.68 bits per heavy atom. The van der Waals surface area contributed by atoms with Gasteiger partial charge in [0, 0.05) is 46.2 Å². The molecule has 50 heavy (non-hydrogen) atoms. The van der Waals surface area contributed by atoms with Crippen LogP contribution in [-0.2, 0) is 20.4 Å². The number of hydrogen-bond donors (Lipinski definition) is 1. The lowest BCUT2D eigenvalue weighted by Gasteiger charge is -2.13. The molecule has 1 N–H and O–H groups in total. The molecule has 1 amide bonds. The van der Waals surface area contributed by atoms with Crippen LogP contribution in [0.1, 0.15) is 31.5 Å². The van der Waals surface area contributed by atoms with Gasteiger partial charge in [-0.25, -0.2) is 19.1 Å². The van der Waals surface area contributed by atoms with Crippen LogP contribution in [-0.4, -0.2) is 40.9 Å². The fourth-order valence-corrected chi connectivity index (χ4v) is 6.58. The highest BCUT2D eigenvalue weighted by Gasteiger charge is 2.18. The van der Waals surface area contributed by atoms with E-state index in [1.165, 1.54) is 12.7 Å². The van der Waals surface area contributed by atoms with Crippen molar-refractivity contribution in [2.45, 2.75) is 38.5 Å². The van der Waals surface area contributed by atoms with Gasteiger partial charge in [-0.3, -0.25) is 4.79 Å². The number of benzene rings is 5. The SMILES string of the molecule is CC[N+](CC)=c1ccc2nc3c(cc(NC(=O)CCc4cc(-c5ccc(C)cc5)n(-c5ccc(SOOC)cc5)n4)c4ccccc43)oc-2c1. The number of hydrogen-bond acceptors (Lipinski definition) is 7. The van der Waals surface area contributed by atoms with E-state index in [9.17, 15) is 4.79 Å². The van der Waals surface area contributed by atoms with Crippen LogP contribution in [0, 0.1) is 6.92 Å². The molecule has 10 heteroatoms. The minimum Gasteiger partial charge on any atom is -0.452 e. The Kier molecular flexibility index (Phi) is 9.75. The third-order valence-corrected chi connectivity index (χ3v) is 9.44. The monoisotopic (exact) mass is 684 g/mol. The summed E-state index contributed by atoms with van der Waals surface area (Å²) in [4.78, 5) is 24.1. The van der Waals surface area contributed by atoms with Crippen molar-refractivity contribution < 1.29 is 18.4 Å². The first-order chi connectivity index (χ1) is 24.4. The molecule has 0 radical (unpaired) electrons. The van der Waals surface area contributed by atoms with Gasteiger partial charge in [-0.1, -0.05) is 54.1 Å². The van der Waals surface area contributed by atoms with Crippen LogP contribution in [0.25, 0.3) is 50.3 Å². The highest BCUT2D eigenvalue weighted by Crippen LogP contribution is 2.34. The molecule has 4 aromatic carbocycles. The van der Waals surface area contributed by atoms with Crippen LogP contribution < -0.4 is 15.2 Å². The molecule has 0 saturated carbocycles. The Balaban J connectivity index is 1.17. The summed E-state index contributed by atoms with van der Waals surface area (Å²) in [6.07, 6.45) is 0.713. The lowest BCUT2D eigenvalue weighted by Crippen LogP contribution is -2.29. The molecule has 2 heterocycles. The molecular weight excluding hydrogens is 647 g/mol. The highest BCUT2D eigenvalue weighted by atomic mass is 32.2. The fourth-order valence-electron chi connectivity index (χ4n) is 6.18. The van der Waals surface area contributed by atoms with Crippen LogP contribution in [0.4, 0.5) is 5.69 Å². The molecule has 9 nitrogen and oxygen atoms in total. The van der Waals surface area contributed by atoms with E-state index < -0.39 is 0 Å². The van der Waals surface area contributed by atoms with E-state index in [-0.39, 0.29) is 12.3 Å². The molecule has 0 bridgehead atoms. The summed E-state index contributed by atoms with van der Waals surface area (Å²) in [6.45, 7) is 8.14. The molecular formula is C40H38N5O4S+. The van der Waals surface area contributed by atoms with Crippen molar-refractivity contribution in [2.75, 3.05) is 25.5 Å². The summed E-state index contributed by atoms with van der Waals surface area (Å²) < 4.78 is 15.6. The van der Waals surface area contributed by atoms with Crippen LogP contribution in [0.2, 0.25) is 0 Å². The van der Waals surface area contributed by atoms with Gasteiger partial charge >= 0.3 is 0 Å². The molecule has 0 atom stereocenters. The van der Waals surface area contributed by atoms with E-state index in [4.69, 9.17) is 23.7 Å². The number of fused-ring (bicyclic) bond motifs is 4. The summed E-state index contributed by atoms with van der Waals surface area (Å²) in [5.74, 6) is 0.587. The summed E-state index contributed by atoms with van der Waals surface area (Å²) in [5.41, 5.74) is 7.72. The van der Waals surface area contributed by atoms with Crippen LogP contribution in [0.3, 0.4) is 0 Å². The number of nitrogens with one attached hydrogen (secondary N) is 1. The zero-order valence-corrected chi connectivity index (χ0v) is 29.3. The second kappa shape index (κ2) is 14.7. The van der Waals surface area contributed by atoms with Gasteiger partial charge in [0.1, 0.15) is 24.3 Å². The van der Waals surface area contributed by atoms with Crippen molar-refractivity contribution in [1.29, 1.82) is 0 Å². The van der Waals surface area contributed by atoms with E-state index in [2.05, 4.69) is 67.1 Å². The van der Waals surface area contributed by atoms with Crippen LogP contribution in [0.15, 0.2) is 112 Å². The predicted molar refractivity (Wildman–Crippen MR) is 199 cm³/mol. The van der Waals surface area contributed by atoms with Crippen molar-refractivity contribution in [3.8, 4) is 28.4 Å². The van der Waals surface area contributed by atoms with E-state index in [0.29, 0.717) is 23.5 Å². The average Bonchev–Trinajstić information content (AvgIpc) is 3.58. The zero-order valence-electron chi connectivity index (χ0n) is 28.5. The fraction of sp³-hybridized carbons (Fsp3) is 0.200.